The van der Waals surface area contributed by atoms with Crippen LogP contribution in [0, 0.1) is 6.92 Å². The molecule has 0 radical (unpaired) electrons. The normalized spacial score (nSPS) is 14.4. The molecule has 0 atom stereocenters. The van der Waals surface area contributed by atoms with E-state index >= 15 is 0 Å². The zero-order valence-corrected chi connectivity index (χ0v) is 10.1. The number of nitrogens with one attached hydrogen (secondary N) is 1. The zero-order valence-electron chi connectivity index (χ0n) is 10.1. The second-order valence-electron chi connectivity index (χ2n) is 4.69. The number of aryl methyl sites for hydroxylation is 2. The van der Waals surface area contributed by atoms with Gasteiger partial charge < -0.3 is 0 Å². The van der Waals surface area contributed by atoms with Gasteiger partial charge in [-0.3, -0.25) is 5.43 Å². The van der Waals surface area contributed by atoms with Crippen molar-refractivity contribution in [3.8, 4) is 0 Å². The Morgan fingerprint density at radius 2 is 1.88 bits per heavy atom. The van der Waals surface area contributed by atoms with E-state index in [2.05, 4.69) is 46.3 Å². The quantitative estimate of drug-likeness (QED) is 0.854. The SMILES string of the molecule is Cc1ccc(Nn2cnc3c2CCCC3)cc1. The first-order valence-electron chi connectivity index (χ1n) is 6.22. The summed E-state index contributed by atoms with van der Waals surface area (Å²) in [4.78, 5) is 4.47. The second kappa shape index (κ2) is 4.24. The Hall–Kier alpha value is -1.77. The van der Waals surface area contributed by atoms with Crippen molar-refractivity contribution in [2.75, 3.05) is 5.43 Å². The Balaban J connectivity index is 1.85. The minimum absolute atomic E-state index is 1.11. The molecule has 0 amide bonds. The molecule has 1 aromatic carbocycles. The number of benzene rings is 1. The van der Waals surface area contributed by atoms with E-state index in [4.69, 9.17) is 0 Å². The fourth-order valence-corrected chi connectivity index (χ4v) is 2.33. The van der Waals surface area contributed by atoms with Gasteiger partial charge in [-0.15, -0.1) is 0 Å². The number of rotatable bonds is 2. The lowest BCUT2D eigenvalue weighted by atomic mass is 10.0. The number of hydrogen-bond donors (Lipinski definition) is 1. The van der Waals surface area contributed by atoms with Crippen LogP contribution in [0.3, 0.4) is 0 Å². The number of nitrogens with zero attached hydrogens (tertiary/aromatic N) is 2. The molecule has 0 bridgehead atoms. The topological polar surface area (TPSA) is 29.9 Å². The molecular formula is C14H17N3. The van der Waals surface area contributed by atoms with E-state index in [0.717, 1.165) is 18.5 Å². The molecule has 3 rings (SSSR count). The van der Waals surface area contributed by atoms with Crippen LogP contribution in [0.5, 0.6) is 0 Å². The third kappa shape index (κ3) is 2.05. The summed E-state index contributed by atoms with van der Waals surface area (Å²) in [7, 11) is 0. The molecule has 88 valence electrons. The Morgan fingerprint density at radius 1 is 1.12 bits per heavy atom. The summed E-state index contributed by atoms with van der Waals surface area (Å²) < 4.78 is 2.07. The van der Waals surface area contributed by atoms with Gasteiger partial charge in [0, 0.05) is 0 Å². The minimum atomic E-state index is 1.11. The van der Waals surface area contributed by atoms with Gasteiger partial charge in [0.2, 0.25) is 0 Å². The van der Waals surface area contributed by atoms with Crippen LogP contribution in [0.25, 0.3) is 0 Å². The summed E-state index contributed by atoms with van der Waals surface area (Å²) in [6.45, 7) is 2.10. The lowest BCUT2D eigenvalue weighted by Gasteiger charge is -2.15. The van der Waals surface area contributed by atoms with Crippen LogP contribution >= 0.6 is 0 Å². The van der Waals surface area contributed by atoms with Crippen LogP contribution < -0.4 is 5.43 Å². The van der Waals surface area contributed by atoms with Gasteiger partial charge in [-0.1, -0.05) is 17.7 Å². The smallest absolute Gasteiger partial charge is 0.115 e. The molecule has 1 aromatic heterocycles. The molecule has 0 saturated heterocycles. The van der Waals surface area contributed by atoms with Gasteiger partial charge in [0.15, 0.2) is 0 Å². The average molecular weight is 227 g/mol. The third-order valence-corrected chi connectivity index (χ3v) is 3.33. The number of fused-ring (bicyclic) bond motifs is 1. The summed E-state index contributed by atoms with van der Waals surface area (Å²) in [5.41, 5.74) is 8.39. The third-order valence-electron chi connectivity index (χ3n) is 3.33. The lowest BCUT2D eigenvalue weighted by molar-refractivity contribution is 0.649. The van der Waals surface area contributed by atoms with E-state index in [0.29, 0.717) is 0 Å². The van der Waals surface area contributed by atoms with Crippen LogP contribution in [-0.2, 0) is 12.8 Å². The van der Waals surface area contributed by atoms with E-state index < -0.39 is 0 Å². The molecule has 0 saturated carbocycles. The Kier molecular flexibility index (Phi) is 2.59. The van der Waals surface area contributed by atoms with Gasteiger partial charge in [-0.2, -0.15) is 0 Å². The predicted octanol–water partition coefficient (Wildman–Crippen LogP) is 2.95. The summed E-state index contributed by atoms with van der Waals surface area (Å²) in [5, 5.41) is 0. The fraction of sp³-hybridized carbons (Fsp3) is 0.357. The summed E-state index contributed by atoms with van der Waals surface area (Å²) in [5.74, 6) is 0. The van der Waals surface area contributed by atoms with E-state index in [1.165, 1.54) is 29.8 Å². The monoisotopic (exact) mass is 227 g/mol. The molecule has 0 aliphatic heterocycles. The van der Waals surface area contributed by atoms with Crippen LogP contribution in [-0.4, -0.2) is 9.66 Å². The largest absolute Gasteiger partial charge is 0.293 e. The molecule has 0 spiro atoms. The zero-order chi connectivity index (χ0) is 11.7. The number of aromatic nitrogens is 2. The highest BCUT2D eigenvalue weighted by atomic mass is 15.4. The fourth-order valence-electron chi connectivity index (χ4n) is 2.33. The summed E-state index contributed by atoms with van der Waals surface area (Å²) in [6.07, 6.45) is 6.70. The number of hydrogen-bond acceptors (Lipinski definition) is 2. The standard InChI is InChI=1S/C14H17N3/c1-11-6-8-12(9-7-11)16-17-10-15-13-4-2-3-5-14(13)17/h6-10,16H,2-5H2,1H3. The van der Waals surface area contributed by atoms with Gasteiger partial charge >= 0.3 is 0 Å². The molecule has 3 nitrogen and oxygen atoms in total. The van der Waals surface area contributed by atoms with Crippen molar-refractivity contribution >= 4 is 5.69 Å². The first kappa shape index (κ1) is 10.4. The second-order valence-corrected chi connectivity index (χ2v) is 4.69. The maximum absolute atomic E-state index is 4.47. The maximum Gasteiger partial charge on any atom is 0.115 e. The van der Waals surface area contributed by atoms with E-state index in [1.807, 2.05) is 6.33 Å². The average Bonchev–Trinajstić information content (AvgIpc) is 2.76. The molecule has 1 aliphatic carbocycles. The first-order valence-corrected chi connectivity index (χ1v) is 6.22. The van der Waals surface area contributed by atoms with Gasteiger partial charge in [0.25, 0.3) is 0 Å². The highest BCUT2D eigenvalue weighted by Gasteiger charge is 2.14. The first-order chi connectivity index (χ1) is 8.33. The molecule has 1 N–H and O–H groups in total. The van der Waals surface area contributed by atoms with Gasteiger partial charge in [0.1, 0.15) is 6.33 Å². The molecule has 1 heterocycles. The van der Waals surface area contributed by atoms with Crippen LogP contribution in [0.4, 0.5) is 5.69 Å². The van der Waals surface area contributed by atoms with Gasteiger partial charge in [0.05, 0.1) is 17.1 Å². The Bertz CT molecular complexity index is 511. The highest BCUT2D eigenvalue weighted by molar-refractivity contribution is 5.44. The van der Waals surface area contributed by atoms with Crippen LogP contribution in [0.2, 0.25) is 0 Å². The highest BCUT2D eigenvalue weighted by Crippen LogP contribution is 2.20. The molecule has 3 heteroatoms. The van der Waals surface area contributed by atoms with Crippen molar-refractivity contribution in [3.05, 3.63) is 47.5 Å². The minimum Gasteiger partial charge on any atom is -0.293 e. The van der Waals surface area contributed by atoms with Gasteiger partial charge in [-0.25, -0.2) is 9.66 Å². The molecule has 0 unspecified atom stereocenters. The summed E-state index contributed by atoms with van der Waals surface area (Å²) in [6, 6.07) is 8.44. The molecule has 0 fully saturated rings. The van der Waals surface area contributed by atoms with E-state index in [-0.39, 0.29) is 0 Å². The molecule has 1 aliphatic rings. The van der Waals surface area contributed by atoms with Crippen molar-refractivity contribution in [2.45, 2.75) is 32.6 Å². The van der Waals surface area contributed by atoms with Crippen molar-refractivity contribution in [1.29, 1.82) is 0 Å². The predicted molar refractivity (Wildman–Crippen MR) is 69.1 cm³/mol. The Morgan fingerprint density at radius 3 is 2.71 bits per heavy atom. The maximum atomic E-state index is 4.47. The van der Waals surface area contributed by atoms with E-state index in [9.17, 15) is 0 Å². The van der Waals surface area contributed by atoms with Crippen molar-refractivity contribution in [1.82, 2.24) is 9.66 Å². The van der Waals surface area contributed by atoms with Crippen LogP contribution in [0.15, 0.2) is 30.6 Å². The Labute approximate surface area is 101 Å². The van der Waals surface area contributed by atoms with E-state index in [1.54, 1.807) is 0 Å². The van der Waals surface area contributed by atoms with Crippen molar-refractivity contribution < 1.29 is 0 Å². The number of anilines is 1. The van der Waals surface area contributed by atoms with Crippen molar-refractivity contribution in [3.63, 3.8) is 0 Å². The van der Waals surface area contributed by atoms with Gasteiger partial charge in [-0.05, 0) is 44.7 Å². The molecular weight excluding hydrogens is 210 g/mol. The van der Waals surface area contributed by atoms with Crippen molar-refractivity contribution in [2.24, 2.45) is 0 Å². The number of imidazole rings is 1. The lowest BCUT2D eigenvalue weighted by Crippen LogP contribution is -2.14. The molecule has 17 heavy (non-hydrogen) atoms. The summed E-state index contributed by atoms with van der Waals surface area (Å²) >= 11 is 0. The molecule has 2 aromatic rings. The van der Waals surface area contributed by atoms with Crippen LogP contribution in [0.1, 0.15) is 29.8 Å².